The van der Waals surface area contributed by atoms with E-state index in [1.807, 2.05) is 20.8 Å². The van der Waals surface area contributed by atoms with Crippen LogP contribution in [0.1, 0.15) is 37.9 Å². The van der Waals surface area contributed by atoms with Gasteiger partial charge in [0.1, 0.15) is 29.8 Å². The van der Waals surface area contributed by atoms with Gasteiger partial charge in [0.15, 0.2) is 5.65 Å². The minimum absolute atomic E-state index is 0.0357. The molecule has 3 heterocycles. The lowest BCUT2D eigenvalue weighted by Gasteiger charge is -2.25. The van der Waals surface area contributed by atoms with Crippen LogP contribution in [0.15, 0.2) is 36.7 Å². The summed E-state index contributed by atoms with van der Waals surface area (Å²) in [6, 6.07) is 5.97. The number of anilines is 1. The van der Waals surface area contributed by atoms with Gasteiger partial charge >= 0.3 is 0 Å². The van der Waals surface area contributed by atoms with Gasteiger partial charge in [0, 0.05) is 23.7 Å². The fourth-order valence-corrected chi connectivity index (χ4v) is 3.16. The van der Waals surface area contributed by atoms with E-state index in [0.29, 0.717) is 22.8 Å². The Morgan fingerprint density at radius 2 is 2.15 bits per heavy atom. The summed E-state index contributed by atoms with van der Waals surface area (Å²) in [6.45, 7) is 5.82. The summed E-state index contributed by atoms with van der Waals surface area (Å²) >= 11 is 0. The predicted molar refractivity (Wildman–Crippen MR) is 99.4 cm³/mol. The Morgan fingerprint density at radius 3 is 2.96 bits per heavy atom. The third-order valence-corrected chi connectivity index (χ3v) is 4.94. The Morgan fingerprint density at radius 1 is 1.33 bits per heavy atom. The maximum Gasteiger partial charge on any atom is 0.160 e. The van der Waals surface area contributed by atoms with Crippen molar-refractivity contribution < 1.29 is 13.9 Å². The second kappa shape index (κ2) is 6.33. The number of hydrogen-bond donors (Lipinski definition) is 1. The first kappa shape index (κ1) is 17.5. The number of nitrogens with zero attached hydrogens (tertiary/aromatic N) is 3. The number of Topliss-reactive ketones (excluding diaryl/α,β-unsaturated/α-hetero) is 1. The average Bonchev–Trinajstić information content (AvgIpc) is 3.02. The van der Waals surface area contributed by atoms with Crippen molar-refractivity contribution >= 4 is 17.2 Å². The van der Waals surface area contributed by atoms with E-state index in [9.17, 15) is 9.18 Å². The van der Waals surface area contributed by atoms with E-state index in [1.54, 1.807) is 29.0 Å². The van der Waals surface area contributed by atoms with Gasteiger partial charge in [-0.2, -0.15) is 5.10 Å². The normalized spacial score (nSPS) is 19.4. The summed E-state index contributed by atoms with van der Waals surface area (Å²) < 4.78 is 21.5. The quantitative estimate of drug-likeness (QED) is 0.657. The third kappa shape index (κ3) is 3.25. The van der Waals surface area contributed by atoms with Gasteiger partial charge in [0.2, 0.25) is 0 Å². The van der Waals surface area contributed by atoms with Crippen molar-refractivity contribution in [1.82, 2.24) is 14.6 Å². The number of hydrogen-bond acceptors (Lipinski definition) is 5. The number of halogens is 1. The number of ketones is 1. The van der Waals surface area contributed by atoms with Crippen LogP contribution in [0.25, 0.3) is 5.65 Å². The van der Waals surface area contributed by atoms with Crippen LogP contribution in [0.2, 0.25) is 0 Å². The molecule has 4 rings (SSSR count). The zero-order valence-electron chi connectivity index (χ0n) is 15.5. The third-order valence-electron chi connectivity index (χ3n) is 4.94. The fourth-order valence-electron chi connectivity index (χ4n) is 3.16. The molecule has 0 fully saturated rings. The maximum atomic E-state index is 13.9. The number of nitrogens with one attached hydrogen (secondary N) is 1. The second-order valence-electron chi connectivity index (χ2n) is 7.57. The van der Waals surface area contributed by atoms with Crippen molar-refractivity contribution in [2.24, 2.45) is 5.41 Å². The van der Waals surface area contributed by atoms with Crippen LogP contribution >= 0.6 is 0 Å². The molecule has 1 aromatic carbocycles. The van der Waals surface area contributed by atoms with Gasteiger partial charge in [-0.05, 0) is 45.0 Å². The number of ether oxygens (including phenoxy) is 1. The van der Waals surface area contributed by atoms with Gasteiger partial charge in [0.25, 0.3) is 0 Å². The van der Waals surface area contributed by atoms with Gasteiger partial charge in [-0.25, -0.2) is 13.9 Å². The van der Waals surface area contributed by atoms with E-state index < -0.39 is 5.41 Å². The van der Waals surface area contributed by atoms with Crippen molar-refractivity contribution in [2.75, 3.05) is 11.9 Å². The molecular weight excluding hydrogens is 347 g/mol. The van der Waals surface area contributed by atoms with Crippen LogP contribution in [-0.4, -0.2) is 27.0 Å². The van der Waals surface area contributed by atoms with Crippen molar-refractivity contribution in [3.8, 4) is 5.75 Å². The summed E-state index contributed by atoms with van der Waals surface area (Å²) in [5, 5.41) is 7.56. The highest BCUT2D eigenvalue weighted by Gasteiger charge is 2.30. The van der Waals surface area contributed by atoms with E-state index in [0.717, 1.165) is 5.56 Å². The molecule has 140 valence electrons. The van der Waals surface area contributed by atoms with E-state index in [-0.39, 0.29) is 30.7 Å². The summed E-state index contributed by atoms with van der Waals surface area (Å²) in [5.41, 5.74) is 1.37. The van der Waals surface area contributed by atoms with Crippen LogP contribution in [0.4, 0.5) is 10.2 Å². The highest BCUT2D eigenvalue weighted by Crippen LogP contribution is 2.31. The number of rotatable bonds is 0. The number of aromatic nitrogens is 3. The molecule has 6 nitrogen and oxygen atoms in total. The van der Waals surface area contributed by atoms with Gasteiger partial charge in [0.05, 0.1) is 17.7 Å². The van der Waals surface area contributed by atoms with E-state index in [2.05, 4.69) is 15.4 Å². The van der Waals surface area contributed by atoms with Crippen LogP contribution in [0.3, 0.4) is 0 Å². The lowest BCUT2D eigenvalue weighted by Crippen LogP contribution is -2.32. The smallest absolute Gasteiger partial charge is 0.160 e. The van der Waals surface area contributed by atoms with Crippen molar-refractivity contribution in [3.63, 3.8) is 0 Å². The molecule has 0 saturated heterocycles. The second-order valence-corrected chi connectivity index (χ2v) is 7.57. The molecule has 7 heteroatoms. The lowest BCUT2D eigenvalue weighted by molar-refractivity contribution is -0.127. The molecule has 2 aromatic heterocycles. The Bertz CT molecular complexity index is 1030. The summed E-state index contributed by atoms with van der Waals surface area (Å²) in [7, 11) is 0. The molecule has 0 aliphatic carbocycles. The summed E-state index contributed by atoms with van der Waals surface area (Å²) in [5.74, 6) is 0.874. The Balaban J connectivity index is 1.85. The molecule has 3 aromatic rings. The van der Waals surface area contributed by atoms with Gasteiger partial charge in [-0.3, -0.25) is 4.79 Å². The molecule has 0 radical (unpaired) electrons. The highest BCUT2D eigenvalue weighted by atomic mass is 19.1. The molecule has 0 saturated carbocycles. The lowest BCUT2D eigenvalue weighted by atomic mass is 9.86. The largest absolute Gasteiger partial charge is 0.492 e. The molecule has 1 N–H and O–H groups in total. The molecule has 1 aliphatic rings. The topological polar surface area (TPSA) is 68.5 Å². The first-order valence-corrected chi connectivity index (χ1v) is 8.89. The van der Waals surface area contributed by atoms with Gasteiger partial charge < -0.3 is 10.1 Å². The van der Waals surface area contributed by atoms with Crippen molar-refractivity contribution in [3.05, 3.63) is 53.6 Å². The summed E-state index contributed by atoms with van der Waals surface area (Å²) in [4.78, 5) is 17.5. The molecule has 1 atom stereocenters. The van der Waals surface area contributed by atoms with Crippen molar-refractivity contribution in [2.45, 2.75) is 33.2 Å². The van der Waals surface area contributed by atoms with Crippen LogP contribution in [0.5, 0.6) is 5.75 Å². The monoisotopic (exact) mass is 368 g/mol. The van der Waals surface area contributed by atoms with E-state index >= 15 is 0 Å². The maximum absolute atomic E-state index is 13.9. The molecule has 0 spiro atoms. The first-order valence-electron chi connectivity index (χ1n) is 8.89. The molecule has 0 amide bonds. The summed E-state index contributed by atoms with van der Waals surface area (Å²) in [6.07, 6.45) is 3.69. The predicted octanol–water partition coefficient (Wildman–Crippen LogP) is 3.57. The van der Waals surface area contributed by atoms with Crippen molar-refractivity contribution in [1.29, 1.82) is 0 Å². The number of fused-ring (bicyclic) bond motifs is 2. The number of benzene rings is 1. The van der Waals surface area contributed by atoms with Crippen LogP contribution in [0, 0.1) is 11.2 Å². The van der Waals surface area contributed by atoms with Crippen LogP contribution in [-0.2, 0) is 11.2 Å². The first-order chi connectivity index (χ1) is 12.8. The molecule has 1 aliphatic heterocycles. The van der Waals surface area contributed by atoms with E-state index in [1.165, 1.54) is 12.1 Å². The Kier molecular flexibility index (Phi) is 4.09. The number of carbonyl (C=O) groups excluding carboxylic acids is 1. The SMILES string of the molecule is C[C@H]1Nc2ccn3ncc(c3n2)CC(=O)C(C)(C)COc2ccc(F)cc21. The van der Waals surface area contributed by atoms with Gasteiger partial charge in [-0.1, -0.05) is 0 Å². The molecule has 27 heavy (non-hydrogen) atoms. The Hall–Kier alpha value is -2.96. The highest BCUT2D eigenvalue weighted by molar-refractivity contribution is 5.87. The minimum atomic E-state index is -0.706. The van der Waals surface area contributed by atoms with Crippen LogP contribution < -0.4 is 10.1 Å². The average molecular weight is 368 g/mol. The standard InChI is InChI=1S/C20H21FN4O2/c1-12-15-9-14(21)4-5-16(15)27-11-20(2,3)17(26)8-13-10-22-25-7-6-18(23-12)24-19(13)25/h4-7,9-10,12H,8,11H2,1-3H3,(H,23,24)/t12-/m1/s1. The zero-order chi connectivity index (χ0) is 19.2. The Labute approximate surface area is 156 Å². The molecular formula is C20H21FN4O2. The zero-order valence-corrected chi connectivity index (χ0v) is 15.5. The van der Waals surface area contributed by atoms with Gasteiger partial charge in [-0.15, -0.1) is 0 Å². The fraction of sp³-hybridized carbons (Fsp3) is 0.350. The molecule has 2 bridgehead atoms. The minimum Gasteiger partial charge on any atom is -0.492 e. The van der Waals surface area contributed by atoms with E-state index in [4.69, 9.17) is 4.74 Å². The molecule has 0 unspecified atom stereocenters. The number of carbonyl (C=O) groups is 1.